The Morgan fingerprint density at radius 2 is 1.87 bits per heavy atom. The lowest BCUT2D eigenvalue weighted by atomic mass is 9.93. The minimum atomic E-state index is 0.208. The highest BCUT2D eigenvalue weighted by Crippen LogP contribution is 2.33. The van der Waals surface area contributed by atoms with Gasteiger partial charge in [-0.1, -0.05) is 41.4 Å². The quantitative estimate of drug-likeness (QED) is 0.432. The average molecular weight is 454 g/mol. The first kappa shape index (κ1) is 20.3. The number of halogens is 2. The van der Waals surface area contributed by atoms with Crippen LogP contribution in [0.5, 0.6) is 11.5 Å². The van der Waals surface area contributed by atoms with Crippen LogP contribution in [0, 0.1) is 0 Å². The SMILES string of the molecule is COc1ccc([C@H]2[NH2+]CCc3c2[nH]c2ccccc32)cc1COc1ccc(Cl)cc1Cl. The number of aromatic amines is 1. The molecule has 31 heavy (non-hydrogen) atoms. The molecule has 0 spiro atoms. The molecule has 1 aromatic heterocycles. The first-order valence-corrected chi connectivity index (χ1v) is 11.1. The molecule has 0 amide bonds. The fraction of sp³-hybridized carbons (Fsp3) is 0.200. The number of nitrogens with one attached hydrogen (secondary N) is 1. The van der Waals surface area contributed by atoms with Crippen molar-refractivity contribution in [1.82, 2.24) is 4.98 Å². The molecular weight excluding hydrogens is 431 g/mol. The summed E-state index contributed by atoms with van der Waals surface area (Å²) in [6.45, 7) is 1.41. The molecule has 3 aromatic carbocycles. The van der Waals surface area contributed by atoms with Crippen molar-refractivity contribution in [2.24, 2.45) is 0 Å². The molecular formula is C25H23Cl2N2O2+. The molecule has 1 atom stereocenters. The minimum Gasteiger partial charge on any atom is -0.496 e. The number of fused-ring (bicyclic) bond motifs is 3. The second kappa shape index (κ2) is 8.46. The summed E-state index contributed by atoms with van der Waals surface area (Å²) in [5.74, 6) is 1.39. The zero-order chi connectivity index (χ0) is 21.4. The van der Waals surface area contributed by atoms with Gasteiger partial charge in [-0.2, -0.15) is 0 Å². The van der Waals surface area contributed by atoms with Gasteiger partial charge in [0.15, 0.2) is 6.04 Å². The van der Waals surface area contributed by atoms with Crippen molar-refractivity contribution in [3.63, 3.8) is 0 Å². The van der Waals surface area contributed by atoms with Gasteiger partial charge in [0.2, 0.25) is 0 Å². The van der Waals surface area contributed by atoms with E-state index < -0.39 is 0 Å². The second-order valence-corrected chi connectivity index (χ2v) is 8.59. The molecule has 4 aromatic rings. The van der Waals surface area contributed by atoms with E-state index in [9.17, 15) is 0 Å². The van der Waals surface area contributed by atoms with Gasteiger partial charge in [-0.3, -0.25) is 0 Å². The van der Waals surface area contributed by atoms with Crippen molar-refractivity contribution < 1.29 is 14.8 Å². The highest BCUT2D eigenvalue weighted by molar-refractivity contribution is 6.35. The van der Waals surface area contributed by atoms with Gasteiger partial charge < -0.3 is 19.8 Å². The fourth-order valence-electron chi connectivity index (χ4n) is 4.42. The fourth-order valence-corrected chi connectivity index (χ4v) is 4.89. The van der Waals surface area contributed by atoms with Gasteiger partial charge in [-0.05, 0) is 48.0 Å². The summed E-state index contributed by atoms with van der Waals surface area (Å²) in [5.41, 5.74) is 6.09. The number of para-hydroxylation sites is 1. The monoisotopic (exact) mass is 453 g/mol. The number of nitrogens with two attached hydrogens (primary N) is 1. The van der Waals surface area contributed by atoms with Gasteiger partial charge in [0.1, 0.15) is 18.1 Å². The largest absolute Gasteiger partial charge is 0.496 e. The Balaban J connectivity index is 1.47. The molecule has 1 aliphatic rings. The smallest absolute Gasteiger partial charge is 0.153 e. The number of methoxy groups -OCH3 is 1. The Labute approximate surface area is 191 Å². The van der Waals surface area contributed by atoms with Gasteiger partial charge in [-0.15, -0.1) is 0 Å². The van der Waals surface area contributed by atoms with Gasteiger partial charge in [0.05, 0.1) is 24.4 Å². The van der Waals surface area contributed by atoms with Gasteiger partial charge >= 0.3 is 0 Å². The molecule has 158 valence electrons. The standard InChI is InChI=1S/C25H22Cl2N2O2/c1-30-22-8-6-15(12-16(22)14-31-23-9-7-17(26)13-20(23)27)24-25-19(10-11-28-24)18-4-2-3-5-21(18)29-25/h2-9,12-13,24,28-29H,10-11,14H2,1H3/p+1/t24-/m1/s1. The van der Waals surface area contributed by atoms with Crippen LogP contribution in [0.1, 0.15) is 28.4 Å². The Morgan fingerprint density at radius 3 is 2.71 bits per heavy atom. The third kappa shape index (κ3) is 3.87. The molecule has 3 N–H and O–H groups in total. The summed E-state index contributed by atoms with van der Waals surface area (Å²) in [5, 5.41) is 4.79. The molecule has 2 heterocycles. The molecule has 6 heteroatoms. The number of ether oxygens (including phenoxy) is 2. The summed E-state index contributed by atoms with van der Waals surface area (Å²) >= 11 is 12.3. The Hall–Kier alpha value is -2.66. The maximum Gasteiger partial charge on any atom is 0.153 e. The Morgan fingerprint density at radius 1 is 1.03 bits per heavy atom. The Kier molecular flexibility index (Phi) is 5.53. The molecule has 5 rings (SSSR count). The third-order valence-corrected chi connectivity index (χ3v) is 6.43. The molecule has 0 saturated heterocycles. The second-order valence-electron chi connectivity index (χ2n) is 7.75. The summed E-state index contributed by atoms with van der Waals surface area (Å²) in [7, 11) is 1.68. The number of H-pyrrole nitrogens is 1. The Bertz CT molecular complexity index is 1250. The van der Waals surface area contributed by atoms with E-state index in [1.165, 1.54) is 27.7 Å². The van der Waals surface area contributed by atoms with Crippen LogP contribution >= 0.6 is 23.2 Å². The predicted octanol–water partition coefficient (Wildman–Crippen LogP) is 5.27. The highest BCUT2D eigenvalue weighted by atomic mass is 35.5. The molecule has 0 radical (unpaired) electrons. The van der Waals surface area contributed by atoms with Crippen LogP contribution in [0.25, 0.3) is 10.9 Å². The summed E-state index contributed by atoms with van der Waals surface area (Å²) < 4.78 is 11.6. The van der Waals surface area contributed by atoms with Crippen molar-refractivity contribution in [3.05, 3.63) is 93.1 Å². The van der Waals surface area contributed by atoms with Crippen molar-refractivity contribution in [3.8, 4) is 11.5 Å². The predicted molar refractivity (Wildman–Crippen MR) is 124 cm³/mol. The maximum absolute atomic E-state index is 6.27. The van der Waals surface area contributed by atoms with E-state index in [1.807, 2.05) is 6.07 Å². The maximum atomic E-state index is 6.27. The van der Waals surface area contributed by atoms with E-state index in [0.717, 1.165) is 24.3 Å². The van der Waals surface area contributed by atoms with Crippen LogP contribution in [0.15, 0.2) is 60.7 Å². The van der Waals surface area contributed by atoms with Crippen molar-refractivity contribution in [2.75, 3.05) is 13.7 Å². The molecule has 4 nitrogen and oxygen atoms in total. The van der Waals surface area contributed by atoms with Crippen LogP contribution in [0.4, 0.5) is 0 Å². The van der Waals surface area contributed by atoms with Crippen molar-refractivity contribution in [1.29, 1.82) is 0 Å². The van der Waals surface area contributed by atoms with E-state index in [1.54, 1.807) is 25.3 Å². The van der Waals surface area contributed by atoms with E-state index >= 15 is 0 Å². The number of rotatable bonds is 5. The van der Waals surface area contributed by atoms with Crippen LogP contribution in [-0.2, 0) is 13.0 Å². The molecule has 0 bridgehead atoms. The number of quaternary nitrogens is 1. The summed E-state index contributed by atoms with van der Waals surface area (Å²) in [6, 6.07) is 20.3. The molecule has 1 aliphatic heterocycles. The third-order valence-electron chi connectivity index (χ3n) is 5.90. The van der Waals surface area contributed by atoms with E-state index in [2.05, 4.69) is 46.7 Å². The van der Waals surface area contributed by atoms with Crippen molar-refractivity contribution in [2.45, 2.75) is 19.1 Å². The zero-order valence-corrected chi connectivity index (χ0v) is 18.6. The number of aromatic nitrogens is 1. The van der Waals surface area contributed by atoms with E-state index in [0.29, 0.717) is 22.4 Å². The van der Waals surface area contributed by atoms with Crippen molar-refractivity contribution >= 4 is 34.1 Å². The van der Waals surface area contributed by atoms with Crippen LogP contribution in [0.2, 0.25) is 10.0 Å². The number of hydrogen-bond donors (Lipinski definition) is 2. The van der Waals surface area contributed by atoms with Crippen LogP contribution in [0.3, 0.4) is 0 Å². The lowest BCUT2D eigenvalue weighted by Crippen LogP contribution is -2.87. The molecule has 0 fully saturated rings. The molecule has 0 aliphatic carbocycles. The molecule has 0 unspecified atom stereocenters. The summed E-state index contributed by atoms with van der Waals surface area (Å²) in [6.07, 6.45) is 1.07. The first-order chi connectivity index (χ1) is 15.1. The normalized spacial score (nSPS) is 15.6. The number of hydrogen-bond acceptors (Lipinski definition) is 2. The van der Waals surface area contributed by atoms with E-state index in [4.69, 9.17) is 32.7 Å². The topological polar surface area (TPSA) is 50.9 Å². The van der Waals surface area contributed by atoms with Crippen LogP contribution in [-0.4, -0.2) is 18.6 Å². The number of benzene rings is 3. The van der Waals surface area contributed by atoms with Gasteiger partial charge in [-0.25, -0.2) is 0 Å². The minimum absolute atomic E-state index is 0.208. The highest BCUT2D eigenvalue weighted by Gasteiger charge is 2.29. The average Bonchev–Trinajstić information content (AvgIpc) is 3.17. The first-order valence-electron chi connectivity index (χ1n) is 10.3. The molecule has 0 saturated carbocycles. The summed E-state index contributed by atoms with van der Waals surface area (Å²) in [4.78, 5) is 3.66. The zero-order valence-electron chi connectivity index (χ0n) is 17.1. The van der Waals surface area contributed by atoms with E-state index in [-0.39, 0.29) is 6.04 Å². The lowest BCUT2D eigenvalue weighted by molar-refractivity contribution is -0.690. The van der Waals surface area contributed by atoms with Gasteiger partial charge in [0, 0.05) is 33.5 Å². The van der Waals surface area contributed by atoms with Crippen LogP contribution < -0.4 is 14.8 Å². The lowest BCUT2D eigenvalue weighted by Gasteiger charge is -2.22. The van der Waals surface area contributed by atoms with Gasteiger partial charge in [0.25, 0.3) is 0 Å².